The fraction of sp³-hybridized carbons (Fsp3) is 0.571. The summed E-state index contributed by atoms with van der Waals surface area (Å²) >= 11 is 0. The molecule has 0 aliphatic rings. The molecule has 0 fully saturated rings. The lowest BCUT2D eigenvalue weighted by Crippen LogP contribution is -2.51. The van der Waals surface area contributed by atoms with Gasteiger partial charge in [-0.3, -0.25) is 24.0 Å². The number of hydrogen-bond donors (Lipinski definition) is 7. The number of rotatable bonds is 13. The number of aliphatic carboxylic acids is 1. The predicted octanol–water partition coefficient (Wildman–Crippen LogP) is -4.35. The number of carbonyl (C=O) groups is 6. The first-order valence-electron chi connectivity index (χ1n) is 7.92. The normalized spacial score (nSPS) is 12.3. The second kappa shape index (κ2) is 12.2. The van der Waals surface area contributed by atoms with E-state index in [2.05, 4.69) is 16.0 Å². The first kappa shape index (κ1) is 23.8. The molecule has 5 amide bonds. The predicted molar refractivity (Wildman–Crippen MR) is 90.4 cm³/mol. The fourth-order valence-corrected chi connectivity index (χ4v) is 1.89. The van der Waals surface area contributed by atoms with Gasteiger partial charge >= 0.3 is 5.97 Å². The number of nitrogens with two attached hydrogens (primary N) is 3. The number of hydrogen-bond acceptors (Lipinski definition) is 7. The Morgan fingerprint density at radius 2 is 1.30 bits per heavy atom. The van der Waals surface area contributed by atoms with Crippen molar-refractivity contribution in [1.82, 2.24) is 16.0 Å². The van der Waals surface area contributed by atoms with Gasteiger partial charge in [-0.2, -0.15) is 0 Å². The van der Waals surface area contributed by atoms with Crippen molar-refractivity contribution in [3.63, 3.8) is 0 Å². The smallest absolute Gasteiger partial charge is 0.326 e. The molecule has 0 radical (unpaired) electrons. The zero-order chi connectivity index (χ0) is 21.0. The Morgan fingerprint density at radius 1 is 0.815 bits per heavy atom. The first-order chi connectivity index (χ1) is 12.6. The molecule has 0 aliphatic carbocycles. The van der Waals surface area contributed by atoms with Crippen LogP contribution in [0.4, 0.5) is 0 Å². The van der Waals surface area contributed by atoms with Gasteiger partial charge in [-0.05, 0) is 12.8 Å². The monoisotopic (exact) mass is 388 g/mol. The summed E-state index contributed by atoms with van der Waals surface area (Å²) in [5.41, 5.74) is 15.1. The van der Waals surface area contributed by atoms with E-state index < -0.39 is 54.1 Å². The third-order valence-electron chi connectivity index (χ3n) is 3.25. The summed E-state index contributed by atoms with van der Waals surface area (Å²) in [5.74, 6) is -5.05. The second-order valence-electron chi connectivity index (χ2n) is 5.51. The molecule has 0 saturated heterocycles. The number of carboxylic acid groups (broad SMARTS) is 1. The third kappa shape index (κ3) is 11.1. The van der Waals surface area contributed by atoms with E-state index in [0.717, 1.165) is 0 Å². The van der Waals surface area contributed by atoms with Gasteiger partial charge in [-0.15, -0.1) is 0 Å². The molecular weight excluding hydrogens is 364 g/mol. The van der Waals surface area contributed by atoms with Crippen LogP contribution >= 0.6 is 0 Å². The number of carbonyl (C=O) groups excluding carboxylic acids is 5. The molecule has 0 aromatic carbocycles. The number of amides is 5. The Hall–Kier alpha value is -3.22. The van der Waals surface area contributed by atoms with Crippen LogP contribution in [0.3, 0.4) is 0 Å². The van der Waals surface area contributed by atoms with Crippen molar-refractivity contribution in [2.75, 3.05) is 13.1 Å². The summed E-state index contributed by atoms with van der Waals surface area (Å²) in [4.78, 5) is 67.8. The molecular formula is C14H24N6O7. The first-order valence-corrected chi connectivity index (χ1v) is 7.92. The van der Waals surface area contributed by atoms with Crippen molar-refractivity contribution < 1.29 is 33.9 Å². The van der Waals surface area contributed by atoms with E-state index in [4.69, 9.17) is 22.3 Å². The number of carboxylic acids is 1. The molecule has 152 valence electrons. The van der Waals surface area contributed by atoms with Crippen LogP contribution in [-0.4, -0.2) is 65.8 Å². The summed E-state index contributed by atoms with van der Waals surface area (Å²) in [7, 11) is 0. The maximum Gasteiger partial charge on any atom is 0.326 e. The molecule has 1 unspecified atom stereocenters. The van der Waals surface area contributed by atoms with E-state index in [1.807, 2.05) is 0 Å². The van der Waals surface area contributed by atoms with Crippen LogP contribution in [0.15, 0.2) is 0 Å². The molecule has 2 atom stereocenters. The molecule has 10 N–H and O–H groups in total. The topological polar surface area (TPSA) is 237 Å². The molecule has 0 aromatic rings. The van der Waals surface area contributed by atoms with Gasteiger partial charge in [0.05, 0.1) is 13.1 Å². The van der Waals surface area contributed by atoms with Crippen LogP contribution in [-0.2, 0) is 28.8 Å². The Morgan fingerprint density at radius 3 is 1.74 bits per heavy atom. The SMILES string of the molecule is NCC(=O)NC(CCC(N)=O)C(=O)NCC(=O)N[C@@H](CCC(N)=O)C(=O)O. The molecule has 0 bridgehead atoms. The lowest BCUT2D eigenvalue weighted by molar-refractivity contribution is -0.142. The van der Waals surface area contributed by atoms with Crippen molar-refractivity contribution in [2.24, 2.45) is 17.2 Å². The highest BCUT2D eigenvalue weighted by Gasteiger charge is 2.23. The van der Waals surface area contributed by atoms with E-state index in [9.17, 15) is 28.8 Å². The summed E-state index contributed by atoms with van der Waals surface area (Å²) in [5, 5.41) is 15.6. The molecule has 0 saturated carbocycles. The minimum atomic E-state index is -1.37. The van der Waals surface area contributed by atoms with Crippen molar-refractivity contribution >= 4 is 35.5 Å². The zero-order valence-electron chi connectivity index (χ0n) is 14.5. The number of primary amides is 2. The summed E-state index contributed by atoms with van der Waals surface area (Å²) < 4.78 is 0. The quantitative estimate of drug-likeness (QED) is 0.162. The second-order valence-corrected chi connectivity index (χ2v) is 5.51. The standard InChI is InChI=1S/C14H24N6O7/c15-5-11(23)19-7(1-3-9(16)21)13(25)18-6-12(24)20-8(14(26)27)2-4-10(17)22/h7-8H,1-6,15H2,(H2,16,21)(H2,17,22)(H,18,25)(H,19,23)(H,20,24)(H,26,27)/t7?,8-/m0/s1. The van der Waals surface area contributed by atoms with Gasteiger partial charge in [0, 0.05) is 12.8 Å². The largest absolute Gasteiger partial charge is 0.480 e. The highest BCUT2D eigenvalue weighted by Crippen LogP contribution is 1.99. The van der Waals surface area contributed by atoms with E-state index in [1.54, 1.807) is 0 Å². The average molecular weight is 388 g/mol. The minimum absolute atomic E-state index is 0.106. The minimum Gasteiger partial charge on any atom is -0.480 e. The van der Waals surface area contributed by atoms with Gasteiger partial charge in [-0.25, -0.2) is 4.79 Å². The summed E-state index contributed by atoms with van der Waals surface area (Å²) in [6.07, 6.45) is -0.754. The van der Waals surface area contributed by atoms with E-state index >= 15 is 0 Å². The van der Waals surface area contributed by atoms with Crippen LogP contribution in [0.1, 0.15) is 25.7 Å². The van der Waals surface area contributed by atoms with Crippen molar-refractivity contribution in [3.8, 4) is 0 Å². The Bertz CT molecular complexity index is 595. The lowest BCUT2D eigenvalue weighted by atomic mass is 10.1. The van der Waals surface area contributed by atoms with E-state index in [-0.39, 0.29) is 32.2 Å². The Kier molecular flexibility index (Phi) is 10.7. The van der Waals surface area contributed by atoms with Crippen LogP contribution in [0.5, 0.6) is 0 Å². The van der Waals surface area contributed by atoms with Crippen molar-refractivity contribution in [1.29, 1.82) is 0 Å². The number of nitrogens with one attached hydrogen (secondary N) is 3. The van der Waals surface area contributed by atoms with Gasteiger partial charge in [0.15, 0.2) is 0 Å². The van der Waals surface area contributed by atoms with Crippen LogP contribution in [0.25, 0.3) is 0 Å². The van der Waals surface area contributed by atoms with Gasteiger partial charge < -0.3 is 38.3 Å². The molecule has 0 aliphatic heterocycles. The highest BCUT2D eigenvalue weighted by molar-refractivity contribution is 5.92. The fourth-order valence-electron chi connectivity index (χ4n) is 1.89. The van der Waals surface area contributed by atoms with E-state index in [0.29, 0.717) is 0 Å². The maximum atomic E-state index is 12.1. The molecule has 0 spiro atoms. The summed E-state index contributed by atoms with van der Waals surface area (Å²) in [6.45, 7) is -0.980. The third-order valence-corrected chi connectivity index (χ3v) is 3.25. The Balaban J connectivity index is 4.67. The molecule has 0 heterocycles. The van der Waals surface area contributed by atoms with Crippen LogP contribution in [0, 0.1) is 0 Å². The van der Waals surface area contributed by atoms with Crippen molar-refractivity contribution in [2.45, 2.75) is 37.8 Å². The van der Waals surface area contributed by atoms with E-state index in [1.165, 1.54) is 0 Å². The molecule has 27 heavy (non-hydrogen) atoms. The molecule has 0 aromatic heterocycles. The van der Waals surface area contributed by atoms with Crippen LogP contribution in [0.2, 0.25) is 0 Å². The lowest BCUT2D eigenvalue weighted by Gasteiger charge is -2.18. The maximum absolute atomic E-state index is 12.1. The molecule has 13 nitrogen and oxygen atoms in total. The average Bonchev–Trinajstić information content (AvgIpc) is 2.58. The van der Waals surface area contributed by atoms with Crippen molar-refractivity contribution in [3.05, 3.63) is 0 Å². The Labute approximate surface area is 154 Å². The molecule has 0 rings (SSSR count). The van der Waals surface area contributed by atoms with Gasteiger partial charge in [-0.1, -0.05) is 0 Å². The summed E-state index contributed by atoms with van der Waals surface area (Å²) in [6, 6.07) is -2.50. The zero-order valence-corrected chi connectivity index (χ0v) is 14.5. The van der Waals surface area contributed by atoms with Crippen LogP contribution < -0.4 is 33.2 Å². The van der Waals surface area contributed by atoms with Gasteiger partial charge in [0.2, 0.25) is 29.5 Å². The van der Waals surface area contributed by atoms with Gasteiger partial charge in [0.1, 0.15) is 12.1 Å². The molecule has 13 heteroatoms. The highest BCUT2D eigenvalue weighted by atomic mass is 16.4. The van der Waals surface area contributed by atoms with Gasteiger partial charge in [0.25, 0.3) is 0 Å².